The zero-order valence-corrected chi connectivity index (χ0v) is 14.8. The number of aromatic nitrogens is 3. The smallest absolute Gasteiger partial charge is 0.138 e. The molecule has 1 aromatic carbocycles. The maximum absolute atomic E-state index is 4.32. The molecule has 108 valence electrons. The van der Waals surface area contributed by atoms with Crippen molar-refractivity contribution in [2.45, 2.75) is 25.8 Å². The molecule has 6 heteroatoms. The van der Waals surface area contributed by atoms with Crippen LogP contribution in [0.5, 0.6) is 0 Å². The first-order valence-electron chi connectivity index (χ1n) is 6.62. The maximum atomic E-state index is 4.32. The molecule has 20 heavy (non-hydrogen) atoms. The molecular formula is C14H18Br2N4. The lowest BCUT2D eigenvalue weighted by Crippen LogP contribution is -2.25. The Morgan fingerprint density at radius 2 is 1.95 bits per heavy atom. The summed E-state index contributed by atoms with van der Waals surface area (Å²) in [5.41, 5.74) is 1.24. The van der Waals surface area contributed by atoms with Crippen molar-refractivity contribution in [3.8, 4) is 0 Å². The van der Waals surface area contributed by atoms with Crippen molar-refractivity contribution < 1.29 is 0 Å². The van der Waals surface area contributed by atoms with E-state index in [9.17, 15) is 0 Å². The summed E-state index contributed by atoms with van der Waals surface area (Å²) < 4.78 is 3.97. The molecule has 0 amide bonds. The quantitative estimate of drug-likeness (QED) is 0.803. The van der Waals surface area contributed by atoms with Gasteiger partial charge in [0.15, 0.2) is 0 Å². The fourth-order valence-corrected chi connectivity index (χ4v) is 3.42. The van der Waals surface area contributed by atoms with E-state index in [0.29, 0.717) is 0 Å². The van der Waals surface area contributed by atoms with Crippen molar-refractivity contribution in [3.63, 3.8) is 0 Å². The second kappa shape index (κ2) is 7.33. The van der Waals surface area contributed by atoms with Gasteiger partial charge in [-0.15, -0.1) is 0 Å². The summed E-state index contributed by atoms with van der Waals surface area (Å²) >= 11 is 7.10. The molecule has 2 rings (SSSR count). The molecule has 4 nitrogen and oxygen atoms in total. The zero-order chi connectivity index (χ0) is 14.5. The van der Waals surface area contributed by atoms with Gasteiger partial charge in [-0.05, 0) is 36.7 Å². The number of benzene rings is 1. The number of nitrogens with zero attached hydrogens (tertiary/aromatic N) is 3. The second-order valence-electron chi connectivity index (χ2n) is 4.71. The van der Waals surface area contributed by atoms with Gasteiger partial charge in [0, 0.05) is 28.5 Å². The number of hydrogen-bond acceptors (Lipinski definition) is 3. The summed E-state index contributed by atoms with van der Waals surface area (Å²) in [6.45, 7) is 3.15. The highest BCUT2D eigenvalue weighted by molar-refractivity contribution is 9.11. The first kappa shape index (κ1) is 15.7. The minimum Gasteiger partial charge on any atom is -0.310 e. The minimum absolute atomic E-state index is 0.228. The lowest BCUT2D eigenvalue weighted by atomic mass is 10.0. The first-order chi connectivity index (χ1) is 9.60. The van der Waals surface area contributed by atoms with Gasteiger partial charge in [0.2, 0.25) is 0 Å². The maximum Gasteiger partial charge on any atom is 0.138 e. The zero-order valence-electron chi connectivity index (χ0n) is 11.6. The van der Waals surface area contributed by atoms with E-state index < -0.39 is 0 Å². The van der Waals surface area contributed by atoms with Crippen LogP contribution < -0.4 is 5.32 Å². The molecule has 1 N–H and O–H groups in total. The molecule has 1 unspecified atom stereocenters. The third-order valence-corrected chi connectivity index (χ3v) is 4.04. The molecule has 2 aromatic rings. The summed E-state index contributed by atoms with van der Waals surface area (Å²) in [6, 6.07) is 6.57. The number of aryl methyl sites for hydroxylation is 1. The van der Waals surface area contributed by atoms with E-state index in [1.54, 1.807) is 6.33 Å². The third kappa shape index (κ3) is 4.14. The Hall–Kier alpha value is -0.720. The lowest BCUT2D eigenvalue weighted by Gasteiger charge is -2.19. The van der Waals surface area contributed by atoms with Crippen molar-refractivity contribution in [3.05, 3.63) is 44.9 Å². The highest BCUT2D eigenvalue weighted by atomic mass is 79.9. The van der Waals surface area contributed by atoms with E-state index >= 15 is 0 Å². The SMILES string of the molecule is CCCNC(Cc1ncnn1C)c1cc(Br)cc(Br)c1. The van der Waals surface area contributed by atoms with Crippen molar-refractivity contribution >= 4 is 31.9 Å². The van der Waals surface area contributed by atoms with Crippen LogP contribution in [0.3, 0.4) is 0 Å². The van der Waals surface area contributed by atoms with Gasteiger partial charge >= 0.3 is 0 Å². The molecule has 1 atom stereocenters. The van der Waals surface area contributed by atoms with E-state index in [-0.39, 0.29) is 6.04 Å². The van der Waals surface area contributed by atoms with E-state index in [1.807, 2.05) is 17.8 Å². The molecular weight excluding hydrogens is 384 g/mol. The fourth-order valence-electron chi connectivity index (χ4n) is 2.09. The normalized spacial score (nSPS) is 12.6. The van der Waals surface area contributed by atoms with Crippen LogP contribution >= 0.6 is 31.9 Å². The Morgan fingerprint density at radius 3 is 2.50 bits per heavy atom. The Labute approximate surface area is 136 Å². The topological polar surface area (TPSA) is 42.7 Å². The average molecular weight is 402 g/mol. The third-order valence-electron chi connectivity index (χ3n) is 3.12. The highest BCUT2D eigenvalue weighted by Crippen LogP contribution is 2.26. The largest absolute Gasteiger partial charge is 0.310 e. The summed E-state index contributed by atoms with van der Waals surface area (Å²) in [7, 11) is 1.93. The van der Waals surface area contributed by atoms with Crippen LogP contribution in [-0.4, -0.2) is 21.3 Å². The second-order valence-corrected chi connectivity index (χ2v) is 6.54. The van der Waals surface area contributed by atoms with E-state index in [2.05, 4.69) is 66.3 Å². The number of halogens is 2. The fraction of sp³-hybridized carbons (Fsp3) is 0.429. The molecule has 0 saturated heterocycles. The number of rotatable bonds is 6. The summed E-state index contributed by atoms with van der Waals surface area (Å²) in [5.74, 6) is 0.981. The van der Waals surface area contributed by atoms with Gasteiger partial charge in [-0.25, -0.2) is 4.98 Å². The van der Waals surface area contributed by atoms with Gasteiger partial charge in [-0.3, -0.25) is 4.68 Å². The molecule has 0 aliphatic carbocycles. The molecule has 0 aliphatic rings. The van der Waals surface area contributed by atoms with E-state index in [0.717, 1.165) is 34.2 Å². The Balaban J connectivity index is 2.24. The Bertz CT molecular complexity index is 548. The number of hydrogen-bond donors (Lipinski definition) is 1. The van der Waals surface area contributed by atoms with Gasteiger partial charge in [0.05, 0.1) is 0 Å². The van der Waals surface area contributed by atoms with Crippen molar-refractivity contribution in [1.29, 1.82) is 0 Å². The summed E-state index contributed by atoms with van der Waals surface area (Å²) in [5, 5.41) is 7.72. The van der Waals surface area contributed by atoms with E-state index in [1.165, 1.54) is 5.56 Å². The molecule has 1 aromatic heterocycles. The average Bonchev–Trinajstić information content (AvgIpc) is 2.78. The van der Waals surface area contributed by atoms with Crippen LogP contribution in [-0.2, 0) is 13.5 Å². The molecule has 0 radical (unpaired) electrons. The molecule has 0 bridgehead atoms. The monoisotopic (exact) mass is 400 g/mol. The van der Waals surface area contributed by atoms with Gasteiger partial charge in [-0.1, -0.05) is 38.8 Å². The van der Waals surface area contributed by atoms with Crippen LogP contribution in [0.4, 0.5) is 0 Å². The first-order valence-corrected chi connectivity index (χ1v) is 8.21. The molecule has 0 saturated carbocycles. The van der Waals surface area contributed by atoms with Crippen molar-refractivity contribution in [2.24, 2.45) is 7.05 Å². The van der Waals surface area contributed by atoms with Crippen LogP contribution in [0, 0.1) is 0 Å². The highest BCUT2D eigenvalue weighted by Gasteiger charge is 2.15. The van der Waals surface area contributed by atoms with Gasteiger partial charge < -0.3 is 5.32 Å². The Kier molecular flexibility index (Phi) is 5.74. The summed E-state index contributed by atoms with van der Waals surface area (Å²) in [4.78, 5) is 4.32. The summed E-state index contributed by atoms with van der Waals surface area (Å²) in [6.07, 6.45) is 3.52. The van der Waals surface area contributed by atoms with Crippen LogP contribution in [0.25, 0.3) is 0 Å². The van der Waals surface area contributed by atoms with E-state index in [4.69, 9.17) is 0 Å². The predicted molar refractivity (Wildman–Crippen MR) is 87.6 cm³/mol. The molecule has 0 spiro atoms. The van der Waals surface area contributed by atoms with Gasteiger partial charge in [0.1, 0.15) is 12.2 Å². The van der Waals surface area contributed by atoms with Gasteiger partial charge in [0.25, 0.3) is 0 Å². The standard InChI is InChI=1S/C14H18Br2N4/c1-3-4-17-13(8-14-18-9-19-20(14)2)10-5-11(15)7-12(16)6-10/h5-7,9,13,17H,3-4,8H2,1-2H3. The molecule has 0 aliphatic heterocycles. The van der Waals surface area contributed by atoms with Crippen LogP contribution in [0.2, 0.25) is 0 Å². The number of nitrogens with one attached hydrogen (secondary N) is 1. The van der Waals surface area contributed by atoms with Crippen molar-refractivity contribution in [1.82, 2.24) is 20.1 Å². The Morgan fingerprint density at radius 1 is 1.25 bits per heavy atom. The van der Waals surface area contributed by atoms with Crippen LogP contribution in [0.15, 0.2) is 33.5 Å². The van der Waals surface area contributed by atoms with Crippen LogP contribution in [0.1, 0.15) is 30.8 Å². The predicted octanol–water partition coefficient (Wildman–Crippen LogP) is 3.62. The lowest BCUT2D eigenvalue weighted by molar-refractivity contribution is 0.506. The van der Waals surface area contributed by atoms with Gasteiger partial charge in [-0.2, -0.15) is 5.10 Å². The minimum atomic E-state index is 0.228. The molecule has 1 heterocycles. The molecule has 0 fully saturated rings. The van der Waals surface area contributed by atoms with Crippen molar-refractivity contribution in [2.75, 3.05) is 6.54 Å².